The van der Waals surface area contributed by atoms with E-state index in [1.165, 1.54) is 18.3 Å². The summed E-state index contributed by atoms with van der Waals surface area (Å²) in [6, 6.07) is 6.75. The molecule has 2 heterocycles. The van der Waals surface area contributed by atoms with Crippen molar-refractivity contribution in [3.8, 4) is 11.3 Å². The van der Waals surface area contributed by atoms with Crippen LogP contribution in [-0.4, -0.2) is 28.9 Å². The Morgan fingerprint density at radius 1 is 1.17 bits per heavy atom. The van der Waals surface area contributed by atoms with Crippen molar-refractivity contribution in [2.45, 2.75) is 19.0 Å². The fourth-order valence-corrected chi connectivity index (χ4v) is 3.01. The van der Waals surface area contributed by atoms with E-state index in [9.17, 15) is 18.0 Å². The molecule has 1 aliphatic rings. The average Bonchev–Trinajstić information content (AvgIpc) is 3.08. The molecule has 3 rings (SSSR count). The largest absolute Gasteiger partial charge is 0.417 e. The molecule has 0 atom stereocenters. The van der Waals surface area contributed by atoms with Gasteiger partial charge in [0.2, 0.25) is 0 Å². The van der Waals surface area contributed by atoms with Gasteiger partial charge in [0.25, 0.3) is 5.91 Å². The first-order valence-electron chi connectivity index (χ1n) is 7.49. The van der Waals surface area contributed by atoms with Crippen molar-refractivity contribution in [3.63, 3.8) is 0 Å². The Labute approximate surface area is 142 Å². The van der Waals surface area contributed by atoms with E-state index in [1.54, 1.807) is 17.0 Å². The highest BCUT2D eigenvalue weighted by Crippen LogP contribution is 2.37. The minimum absolute atomic E-state index is 0.209. The van der Waals surface area contributed by atoms with Gasteiger partial charge in [-0.3, -0.25) is 9.78 Å². The van der Waals surface area contributed by atoms with Gasteiger partial charge in [0.1, 0.15) is 0 Å². The number of benzene rings is 1. The van der Waals surface area contributed by atoms with E-state index in [0.717, 1.165) is 18.9 Å². The second-order valence-electron chi connectivity index (χ2n) is 5.59. The molecule has 126 valence electrons. The van der Waals surface area contributed by atoms with Gasteiger partial charge in [0.15, 0.2) is 0 Å². The van der Waals surface area contributed by atoms with E-state index in [0.29, 0.717) is 18.7 Å². The highest BCUT2D eigenvalue weighted by Gasteiger charge is 2.34. The molecule has 0 N–H and O–H groups in total. The van der Waals surface area contributed by atoms with Crippen molar-refractivity contribution in [1.82, 2.24) is 9.88 Å². The summed E-state index contributed by atoms with van der Waals surface area (Å²) in [6.07, 6.45) is -1.25. The SMILES string of the molecule is O=C(c1cccnc1-c1ccc(Cl)c(C(F)(F)F)c1)N1CCCC1. The maximum atomic E-state index is 13.1. The van der Waals surface area contributed by atoms with Crippen LogP contribution in [0.15, 0.2) is 36.5 Å². The van der Waals surface area contributed by atoms with Crippen molar-refractivity contribution in [2.75, 3.05) is 13.1 Å². The molecule has 2 aromatic rings. The first kappa shape index (κ1) is 16.8. The molecule has 0 unspecified atom stereocenters. The van der Waals surface area contributed by atoms with E-state index >= 15 is 0 Å². The Balaban J connectivity index is 2.06. The minimum Gasteiger partial charge on any atom is -0.339 e. The number of alkyl halides is 3. The lowest BCUT2D eigenvalue weighted by Crippen LogP contribution is -2.28. The van der Waals surface area contributed by atoms with Crippen molar-refractivity contribution < 1.29 is 18.0 Å². The number of carbonyl (C=O) groups excluding carboxylic acids is 1. The molecule has 0 spiro atoms. The highest BCUT2D eigenvalue weighted by atomic mass is 35.5. The summed E-state index contributed by atoms with van der Waals surface area (Å²) < 4.78 is 39.2. The second-order valence-corrected chi connectivity index (χ2v) is 6.00. The Morgan fingerprint density at radius 2 is 1.88 bits per heavy atom. The van der Waals surface area contributed by atoms with Crippen LogP contribution >= 0.6 is 11.6 Å². The molecule has 7 heteroatoms. The van der Waals surface area contributed by atoms with Gasteiger partial charge in [-0.15, -0.1) is 0 Å². The zero-order chi connectivity index (χ0) is 17.3. The van der Waals surface area contributed by atoms with Crippen LogP contribution in [0.5, 0.6) is 0 Å². The lowest BCUT2D eigenvalue weighted by atomic mass is 10.0. The van der Waals surface area contributed by atoms with Crippen molar-refractivity contribution in [1.29, 1.82) is 0 Å². The molecule has 0 radical (unpaired) electrons. The van der Waals surface area contributed by atoms with Crippen molar-refractivity contribution >= 4 is 17.5 Å². The summed E-state index contributed by atoms with van der Waals surface area (Å²) in [6.45, 7) is 1.31. The van der Waals surface area contributed by atoms with E-state index in [1.807, 2.05) is 0 Å². The van der Waals surface area contributed by atoms with Crippen LogP contribution < -0.4 is 0 Å². The van der Waals surface area contributed by atoms with Crippen LogP contribution in [0.3, 0.4) is 0 Å². The number of amides is 1. The summed E-state index contributed by atoms with van der Waals surface area (Å²) in [7, 11) is 0. The number of halogens is 4. The molecule has 1 saturated heterocycles. The molecule has 1 aromatic heterocycles. The number of hydrogen-bond acceptors (Lipinski definition) is 2. The van der Waals surface area contributed by atoms with Crippen molar-refractivity contribution in [2.24, 2.45) is 0 Å². The van der Waals surface area contributed by atoms with E-state index in [4.69, 9.17) is 11.6 Å². The molecule has 1 aliphatic heterocycles. The zero-order valence-electron chi connectivity index (χ0n) is 12.6. The van der Waals surface area contributed by atoms with Gasteiger partial charge >= 0.3 is 6.18 Å². The quantitative estimate of drug-likeness (QED) is 0.786. The number of rotatable bonds is 2. The van der Waals surface area contributed by atoms with E-state index in [2.05, 4.69) is 4.98 Å². The summed E-state index contributed by atoms with van der Waals surface area (Å²) in [4.78, 5) is 18.5. The summed E-state index contributed by atoms with van der Waals surface area (Å²) >= 11 is 5.66. The molecule has 1 fully saturated rings. The number of aromatic nitrogens is 1. The molecular formula is C17H14ClF3N2O. The van der Waals surface area contributed by atoms with Crippen LogP contribution in [0.4, 0.5) is 13.2 Å². The Hall–Kier alpha value is -2.08. The fraction of sp³-hybridized carbons (Fsp3) is 0.294. The third-order valence-electron chi connectivity index (χ3n) is 3.98. The molecule has 0 saturated carbocycles. The first-order valence-corrected chi connectivity index (χ1v) is 7.87. The molecule has 24 heavy (non-hydrogen) atoms. The van der Waals surface area contributed by atoms with E-state index < -0.39 is 11.7 Å². The number of hydrogen-bond donors (Lipinski definition) is 0. The Bertz CT molecular complexity index is 771. The predicted molar refractivity (Wildman–Crippen MR) is 84.8 cm³/mol. The normalized spacial score (nSPS) is 14.9. The monoisotopic (exact) mass is 354 g/mol. The van der Waals surface area contributed by atoms with Gasteiger partial charge in [-0.25, -0.2) is 0 Å². The van der Waals surface area contributed by atoms with Gasteiger partial charge in [-0.05, 0) is 37.1 Å². The van der Waals surface area contributed by atoms with Gasteiger partial charge in [-0.1, -0.05) is 17.7 Å². The first-order chi connectivity index (χ1) is 11.4. The standard InChI is InChI=1S/C17H14ClF3N2O/c18-14-6-5-11(10-13(14)17(19,20)21)15-12(4-3-7-22-15)16(24)23-8-1-2-9-23/h3-7,10H,1-2,8-9H2. The van der Waals surface area contributed by atoms with E-state index in [-0.39, 0.29) is 22.2 Å². The lowest BCUT2D eigenvalue weighted by molar-refractivity contribution is -0.137. The van der Waals surface area contributed by atoms with Crippen LogP contribution in [0.2, 0.25) is 5.02 Å². The molecule has 0 aliphatic carbocycles. The Morgan fingerprint density at radius 3 is 2.54 bits per heavy atom. The Kier molecular flexibility index (Phi) is 4.49. The van der Waals surface area contributed by atoms with Crippen LogP contribution in [0.25, 0.3) is 11.3 Å². The second kappa shape index (κ2) is 6.43. The summed E-state index contributed by atoms with van der Waals surface area (Å²) in [5.74, 6) is -0.209. The van der Waals surface area contributed by atoms with Crippen LogP contribution in [0.1, 0.15) is 28.8 Å². The number of carbonyl (C=O) groups is 1. The third kappa shape index (κ3) is 3.24. The number of nitrogens with zero attached hydrogens (tertiary/aromatic N) is 2. The van der Waals surface area contributed by atoms with Crippen LogP contribution in [-0.2, 0) is 6.18 Å². The maximum absolute atomic E-state index is 13.1. The topological polar surface area (TPSA) is 33.2 Å². The molecule has 1 amide bonds. The summed E-state index contributed by atoms with van der Waals surface area (Å²) in [5.41, 5.74) is -0.187. The fourth-order valence-electron chi connectivity index (χ4n) is 2.79. The lowest BCUT2D eigenvalue weighted by Gasteiger charge is -2.18. The minimum atomic E-state index is -4.57. The maximum Gasteiger partial charge on any atom is 0.417 e. The van der Waals surface area contributed by atoms with Crippen molar-refractivity contribution in [3.05, 3.63) is 52.7 Å². The number of pyridine rings is 1. The molecule has 3 nitrogen and oxygen atoms in total. The third-order valence-corrected chi connectivity index (χ3v) is 4.31. The zero-order valence-corrected chi connectivity index (χ0v) is 13.4. The highest BCUT2D eigenvalue weighted by molar-refractivity contribution is 6.31. The number of likely N-dealkylation sites (tertiary alicyclic amines) is 1. The van der Waals surface area contributed by atoms with Gasteiger partial charge in [0, 0.05) is 24.8 Å². The van der Waals surface area contributed by atoms with Gasteiger partial charge in [-0.2, -0.15) is 13.2 Å². The smallest absolute Gasteiger partial charge is 0.339 e. The molecular weight excluding hydrogens is 341 g/mol. The van der Waals surface area contributed by atoms with Crippen LogP contribution in [0, 0.1) is 0 Å². The molecule has 1 aromatic carbocycles. The molecule has 0 bridgehead atoms. The summed E-state index contributed by atoms with van der Waals surface area (Å²) in [5, 5.41) is -0.380. The van der Waals surface area contributed by atoms with Gasteiger partial charge < -0.3 is 4.90 Å². The predicted octanol–water partition coefficient (Wildman–Crippen LogP) is 4.66. The van der Waals surface area contributed by atoms with Gasteiger partial charge in [0.05, 0.1) is 21.8 Å². The average molecular weight is 355 g/mol.